The van der Waals surface area contributed by atoms with Gasteiger partial charge < -0.3 is 20.9 Å². The summed E-state index contributed by atoms with van der Waals surface area (Å²) in [6.07, 6.45) is -8.54. The number of carbonyl (C=O) groups excluding carboxylic acids is 1. The molecule has 206 valence electrons. The second-order valence-corrected chi connectivity index (χ2v) is 9.51. The number of anilines is 1. The molecule has 0 aliphatic carbocycles. The van der Waals surface area contributed by atoms with Gasteiger partial charge in [-0.3, -0.25) is 0 Å². The van der Waals surface area contributed by atoms with Gasteiger partial charge in [-0.2, -0.15) is 26.3 Å². The van der Waals surface area contributed by atoms with Crippen LogP contribution in [0.25, 0.3) is 0 Å². The number of alkyl halides is 6. The number of nitrogens with zero attached hydrogens (tertiary/aromatic N) is 1. The molecule has 2 rings (SSSR count). The SMILES string of the molecule is CN(C)CCCNCCC(CNC(=O)Nc1cc(C(F)(F)F)cc(C(F)(F)F)c1)c1ccc(Cl)c(Cl)c1. The van der Waals surface area contributed by atoms with Crippen LogP contribution >= 0.6 is 23.2 Å². The van der Waals surface area contributed by atoms with Gasteiger partial charge >= 0.3 is 18.4 Å². The predicted molar refractivity (Wildman–Crippen MR) is 133 cm³/mol. The van der Waals surface area contributed by atoms with Crippen molar-refractivity contribution in [2.75, 3.05) is 45.6 Å². The number of rotatable bonds is 11. The first-order valence-corrected chi connectivity index (χ1v) is 12.1. The molecule has 13 heteroatoms. The molecule has 3 N–H and O–H groups in total. The summed E-state index contributed by atoms with van der Waals surface area (Å²) in [5.41, 5.74) is -2.91. The summed E-state index contributed by atoms with van der Waals surface area (Å²) in [7, 11) is 3.95. The molecule has 1 atom stereocenters. The molecule has 0 spiro atoms. The number of halogens is 8. The normalized spacial score (nSPS) is 13.1. The van der Waals surface area contributed by atoms with Gasteiger partial charge in [0.15, 0.2) is 0 Å². The van der Waals surface area contributed by atoms with Crippen LogP contribution in [-0.2, 0) is 12.4 Å². The maximum absolute atomic E-state index is 13.1. The van der Waals surface area contributed by atoms with Crippen LogP contribution in [0.4, 0.5) is 36.8 Å². The van der Waals surface area contributed by atoms with E-state index in [-0.39, 0.29) is 18.5 Å². The third-order valence-electron chi connectivity index (χ3n) is 5.40. The van der Waals surface area contributed by atoms with Crippen molar-refractivity contribution in [3.63, 3.8) is 0 Å². The molecule has 2 aromatic carbocycles. The second-order valence-electron chi connectivity index (χ2n) is 8.70. The lowest BCUT2D eigenvalue weighted by Crippen LogP contribution is -2.33. The number of nitrogens with one attached hydrogen (secondary N) is 3. The van der Waals surface area contributed by atoms with E-state index in [0.29, 0.717) is 35.1 Å². The number of benzene rings is 2. The summed E-state index contributed by atoms with van der Waals surface area (Å²) in [4.78, 5) is 14.5. The number of carbonyl (C=O) groups is 1. The minimum absolute atomic E-state index is 0.00503. The van der Waals surface area contributed by atoms with Crippen molar-refractivity contribution in [2.45, 2.75) is 31.1 Å². The molecule has 5 nitrogen and oxygen atoms in total. The molecule has 37 heavy (non-hydrogen) atoms. The Morgan fingerprint density at radius 2 is 1.54 bits per heavy atom. The van der Waals surface area contributed by atoms with E-state index in [1.165, 1.54) is 0 Å². The molecule has 0 fully saturated rings. The number of amides is 2. The minimum atomic E-state index is -5.02. The van der Waals surface area contributed by atoms with Crippen molar-refractivity contribution in [1.82, 2.24) is 15.5 Å². The zero-order valence-electron chi connectivity index (χ0n) is 20.2. The molecule has 2 aromatic rings. The van der Waals surface area contributed by atoms with Gasteiger partial charge in [0.25, 0.3) is 0 Å². The highest BCUT2D eigenvalue weighted by Gasteiger charge is 2.37. The van der Waals surface area contributed by atoms with Crippen molar-refractivity contribution in [1.29, 1.82) is 0 Å². The van der Waals surface area contributed by atoms with Gasteiger partial charge in [0.1, 0.15) is 0 Å². The average molecular weight is 573 g/mol. The van der Waals surface area contributed by atoms with E-state index in [2.05, 4.69) is 20.9 Å². The van der Waals surface area contributed by atoms with E-state index in [4.69, 9.17) is 23.2 Å². The van der Waals surface area contributed by atoms with Gasteiger partial charge in [-0.05, 0) is 82.5 Å². The molecule has 2 amide bonds. The molecule has 0 saturated heterocycles. The monoisotopic (exact) mass is 572 g/mol. The van der Waals surface area contributed by atoms with Crippen LogP contribution in [0.3, 0.4) is 0 Å². The molecule has 0 radical (unpaired) electrons. The number of hydrogen-bond donors (Lipinski definition) is 3. The fourth-order valence-corrected chi connectivity index (χ4v) is 3.80. The van der Waals surface area contributed by atoms with Gasteiger partial charge in [-0.25, -0.2) is 4.79 Å². The fourth-order valence-electron chi connectivity index (χ4n) is 3.49. The lowest BCUT2D eigenvalue weighted by Gasteiger charge is -2.20. The van der Waals surface area contributed by atoms with E-state index >= 15 is 0 Å². The van der Waals surface area contributed by atoms with Crippen LogP contribution in [0.5, 0.6) is 0 Å². The van der Waals surface area contributed by atoms with Crippen molar-refractivity contribution < 1.29 is 31.1 Å². The molecule has 1 unspecified atom stereocenters. The van der Waals surface area contributed by atoms with Gasteiger partial charge in [0.05, 0.1) is 21.2 Å². The lowest BCUT2D eigenvalue weighted by atomic mass is 9.95. The van der Waals surface area contributed by atoms with Crippen LogP contribution < -0.4 is 16.0 Å². The zero-order valence-corrected chi connectivity index (χ0v) is 21.7. The van der Waals surface area contributed by atoms with Crippen LogP contribution in [0.2, 0.25) is 10.0 Å². The summed E-state index contributed by atoms with van der Waals surface area (Å²) in [6, 6.07) is 4.95. The Morgan fingerprint density at radius 1 is 0.919 bits per heavy atom. The van der Waals surface area contributed by atoms with E-state index in [0.717, 1.165) is 25.1 Å². The fraction of sp³-hybridized carbons (Fsp3) is 0.458. The summed E-state index contributed by atoms with van der Waals surface area (Å²) < 4.78 is 78.5. The summed E-state index contributed by atoms with van der Waals surface area (Å²) in [5, 5.41) is 8.57. The molecular weight excluding hydrogens is 545 g/mol. The standard InChI is InChI=1S/C24H28Cl2F6N4O/c1-36(2)9-3-7-33-8-6-16(15-4-5-20(25)21(26)10-15)14-34-22(37)35-19-12-17(23(27,28)29)11-18(13-19)24(30,31)32/h4-5,10-13,16,33H,3,6-9,14H2,1-2H3,(H2,34,35,37). The average Bonchev–Trinajstić information content (AvgIpc) is 2.78. The third kappa shape index (κ3) is 10.6. The van der Waals surface area contributed by atoms with Gasteiger partial charge in [0.2, 0.25) is 0 Å². The topological polar surface area (TPSA) is 56.4 Å². The van der Waals surface area contributed by atoms with E-state index in [9.17, 15) is 31.1 Å². The summed E-state index contributed by atoms with van der Waals surface area (Å²) in [5.74, 6) is -0.255. The van der Waals surface area contributed by atoms with E-state index in [1.807, 2.05) is 14.1 Å². The number of hydrogen-bond acceptors (Lipinski definition) is 3. The molecule has 0 bridgehead atoms. The smallest absolute Gasteiger partial charge is 0.337 e. The first kappa shape index (κ1) is 31.0. The molecule has 0 heterocycles. The van der Waals surface area contributed by atoms with E-state index < -0.39 is 35.2 Å². The van der Waals surface area contributed by atoms with Crippen LogP contribution in [0.1, 0.15) is 35.4 Å². The van der Waals surface area contributed by atoms with E-state index in [1.54, 1.807) is 18.2 Å². The van der Waals surface area contributed by atoms with Crippen molar-refractivity contribution in [3.8, 4) is 0 Å². The second kappa shape index (κ2) is 13.5. The Kier molecular flexibility index (Phi) is 11.4. The molecule has 0 aliphatic rings. The Hall–Kier alpha value is -2.21. The minimum Gasteiger partial charge on any atom is -0.337 e. The van der Waals surface area contributed by atoms with Gasteiger partial charge in [-0.1, -0.05) is 29.3 Å². The Balaban J connectivity index is 2.09. The molecule has 0 aliphatic heterocycles. The van der Waals surface area contributed by atoms with Crippen LogP contribution in [0.15, 0.2) is 36.4 Å². The quantitative estimate of drug-likeness (QED) is 0.203. The Bertz CT molecular complexity index is 1010. The maximum atomic E-state index is 13.1. The largest absolute Gasteiger partial charge is 0.416 e. The predicted octanol–water partition coefficient (Wildman–Crippen LogP) is 6.87. The summed E-state index contributed by atoms with van der Waals surface area (Å²) >= 11 is 12.1. The van der Waals surface area contributed by atoms with Crippen molar-refractivity contribution in [2.24, 2.45) is 0 Å². The molecule has 0 saturated carbocycles. The van der Waals surface area contributed by atoms with Crippen LogP contribution in [0, 0.1) is 0 Å². The Morgan fingerprint density at radius 3 is 2.08 bits per heavy atom. The van der Waals surface area contributed by atoms with Crippen molar-refractivity contribution >= 4 is 34.9 Å². The first-order valence-electron chi connectivity index (χ1n) is 11.3. The highest BCUT2D eigenvalue weighted by molar-refractivity contribution is 6.42. The number of urea groups is 1. The highest BCUT2D eigenvalue weighted by atomic mass is 35.5. The van der Waals surface area contributed by atoms with Crippen LogP contribution in [-0.4, -0.2) is 51.2 Å². The van der Waals surface area contributed by atoms with Gasteiger partial charge in [0, 0.05) is 18.2 Å². The summed E-state index contributed by atoms with van der Waals surface area (Å²) in [6.45, 7) is 2.34. The zero-order chi connectivity index (χ0) is 27.8. The molecule has 0 aromatic heterocycles. The molecular formula is C24H28Cl2F6N4O. The van der Waals surface area contributed by atoms with Crippen molar-refractivity contribution in [3.05, 3.63) is 63.1 Å². The lowest BCUT2D eigenvalue weighted by molar-refractivity contribution is -0.143. The van der Waals surface area contributed by atoms with Gasteiger partial charge in [-0.15, -0.1) is 0 Å². The third-order valence-corrected chi connectivity index (χ3v) is 6.14. The first-order chi connectivity index (χ1) is 17.2. The maximum Gasteiger partial charge on any atom is 0.416 e. The highest BCUT2D eigenvalue weighted by Crippen LogP contribution is 2.37. The Labute approximate surface area is 221 Å².